The molecule has 3 aromatic rings. The molecule has 0 fully saturated rings. The number of halogens is 1. The third-order valence-corrected chi connectivity index (χ3v) is 7.44. The smallest absolute Gasteiger partial charge is 0.191 e. The normalized spacial score (nSPS) is 11.7. The largest absolute Gasteiger partial charge is 0.305 e. The molecule has 0 atom stereocenters. The Morgan fingerprint density at radius 2 is 1.69 bits per heavy atom. The van der Waals surface area contributed by atoms with E-state index in [0.29, 0.717) is 15.8 Å². The van der Waals surface area contributed by atoms with E-state index in [2.05, 4.69) is 26.1 Å². The van der Waals surface area contributed by atoms with Crippen LogP contribution in [0.5, 0.6) is 0 Å². The highest BCUT2D eigenvalue weighted by atomic mass is 79.9. The fraction of sp³-hybridized carbons (Fsp3) is 0.222. The van der Waals surface area contributed by atoms with Gasteiger partial charge in [0.25, 0.3) is 0 Å². The zero-order valence-electron chi connectivity index (χ0n) is 14.4. The number of benzene rings is 2. The summed E-state index contributed by atoms with van der Waals surface area (Å²) in [6.07, 6.45) is 0. The van der Waals surface area contributed by atoms with E-state index in [1.165, 1.54) is 17.3 Å². The number of thioether (sulfide) groups is 1. The molecule has 136 valence electrons. The Morgan fingerprint density at radius 1 is 1.04 bits per heavy atom. The maximum absolute atomic E-state index is 12.4. The van der Waals surface area contributed by atoms with Gasteiger partial charge in [-0.1, -0.05) is 57.5 Å². The van der Waals surface area contributed by atoms with Gasteiger partial charge in [-0.15, -0.1) is 10.2 Å². The average molecular weight is 452 g/mol. The number of hydrogen-bond acceptors (Lipinski definition) is 5. The van der Waals surface area contributed by atoms with Crippen molar-refractivity contribution in [2.45, 2.75) is 17.0 Å². The minimum atomic E-state index is -3.31. The number of rotatable bonds is 6. The van der Waals surface area contributed by atoms with Crippen molar-refractivity contribution in [1.29, 1.82) is 0 Å². The highest BCUT2D eigenvalue weighted by Crippen LogP contribution is 2.24. The van der Waals surface area contributed by atoms with Gasteiger partial charge in [-0.05, 0) is 31.2 Å². The molecule has 0 aliphatic carbocycles. The van der Waals surface area contributed by atoms with Gasteiger partial charge in [0.05, 0.1) is 10.6 Å². The van der Waals surface area contributed by atoms with Crippen molar-refractivity contribution < 1.29 is 8.42 Å². The van der Waals surface area contributed by atoms with E-state index in [-0.39, 0.29) is 5.75 Å². The summed E-state index contributed by atoms with van der Waals surface area (Å²) in [5.41, 5.74) is 2.17. The minimum Gasteiger partial charge on any atom is -0.305 e. The summed E-state index contributed by atoms with van der Waals surface area (Å²) >= 11 is 4.70. The first-order valence-electron chi connectivity index (χ1n) is 7.94. The van der Waals surface area contributed by atoms with Gasteiger partial charge < -0.3 is 4.57 Å². The Labute approximate surface area is 165 Å². The van der Waals surface area contributed by atoms with E-state index in [0.717, 1.165) is 15.9 Å². The summed E-state index contributed by atoms with van der Waals surface area (Å²) in [7, 11) is -1.42. The molecular weight excluding hydrogens is 434 g/mol. The first kappa shape index (κ1) is 19.1. The van der Waals surface area contributed by atoms with Gasteiger partial charge in [-0.2, -0.15) is 0 Å². The predicted molar refractivity (Wildman–Crippen MR) is 108 cm³/mol. The molecule has 1 aromatic heterocycles. The van der Waals surface area contributed by atoms with Crippen LogP contribution in [-0.4, -0.2) is 34.7 Å². The maximum atomic E-state index is 12.4. The zero-order chi connectivity index (χ0) is 18.7. The third-order valence-electron chi connectivity index (χ3n) is 3.90. The Morgan fingerprint density at radius 3 is 2.35 bits per heavy atom. The minimum absolute atomic E-state index is 0.0476. The Kier molecular flexibility index (Phi) is 5.84. The first-order chi connectivity index (χ1) is 12.4. The second kappa shape index (κ2) is 7.94. The van der Waals surface area contributed by atoms with Crippen molar-refractivity contribution in [2.75, 3.05) is 11.5 Å². The molecule has 0 unspecified atom stereocenters. The molecule has 0 radical (unpaired) electrons. The van der Waals surface area contributed by atoms with Crippen molar-refractivity contribution in [2.24, 2.45) is 7.05 Å². The topological polar surface area (TPSA) is 64.8 Å². The van der Waals surface area contributed by atoms with Crippen LogP contribution in [0.4, 0.5) is 0 Å². The fourth-order valence-electron chi connectivity index (χ4n) is 2.40. The lowest BCUT2D eigenvalue weighted by atomic mass is 10.1. The summed E-state index contributed by atoms with van der Waals surface area (Å²) < 4.78 is 27.6. The maximum Gasteiger partial charge on any atom is 0.191 e. The fourth-order valence-corrected chi connectivity index (χ4v) is 5.22. The molecule has 0 spiro atoms. The second-order valence-electron chi connectivity index (χ2n) is 5.85. The Bertz CT molecular complexity index is 998. The van der Waals surface area contributed by atoms with Crippen LogP contribution in [0.3, 0.4) is 0 Å². The number of nitrogens with zero attached hydrogens (tertiary/aromatic N) is 3. The SMILES string of the molecule is Cc1ccc(-c2nnc(SCCS(=O)(=O)c3ccc(Br)cc3)n2C)cc1. The van der Waals surface area contributed by atoms with Gasteiger partial charge in [0.2, 0.25) is 0 Å². The van der Waals surface area contributed by atoms with Crippen LogP contribution in [0.1, 0.15) is 5.56 Å². The van der Waals surface area contributed by atoms with Gasteiger partial charge in [-0.25, -0.2) is 8.42 Å². The van der Waals surface area contributed by atoms with E-state index in [1.54, 1.807) is 24.3 Å². The van der Waals surface area contributed by atoms with Gasteiger partial charge in [0.15, 0.2) is 20.8 Å². The van der Waals surface area contributed by atoms with Gasteiger partial charge in [0, 0.05) is 22.8 Å². The number of sulfone groups is 1. The van der Waals surface area contributed by atoms with Crippen molar-refractivity contribution in [3.8, 4) is 11.4 Å². The van der Waals surface area contributed by atoms with E-state index >= 15 is 0 Å². The van der Waals surface area contributed by atoms with Crippen LogP contribution in [0.15, 0.2) is 63.1 Å². The molecule has 26 heavy (non-hydrogen) atoms. The van der Waals surface area contributed by atoms with E-state index in [1.807, 2.05) is 42.8 Å². The Balaban J connectivity index is 1.67. The predicted octanol–water partition coefficient (Wildman–Crippen LogP) is 4.12. The van der Waals surface area contributed by atoms with E-state index in [9.17, 15) is 8.42 Å². The standard InChI is InChI=1S/C18H18BrN3O2S2/c1-13-3-5-14(6-4-13)17-20-21-18(22(17)2)25-11-12-26(23,24)16-9-7-15(19)8-10-16/h3-10H,11-12H2,1-2H3. The van der Waals surface area contributed by atoms with Crippen LogP contribution in [0.2, 0.25) is 0 Å². The van der Waals surface area contributed by atoms with Crippen LogP contribution in [-0.2, 0) is 16.9 Å². The van der Waals surface area contributed by atoms with Gasteiger partial charge >= 0.3 is 0 Å². The zero-order valence-corrected chi connectivity index (χ0v) is 17.6. The van der Waals surface area contributed by atoms with Crippen LogP contribution < -0.4 is 0 Å². The van der Waals surface area contributed by atoms with E-state index < -0.39 is 9.84 Å². The van der Waals surface area contributed by atoms with Crippen LogP contribution in [0, 0.1) is 6.92 Å². The molecule has 0 amide bonds. The molecule has 0 aliphatic heterocycles. The van der Waals surface area contributed by atoms with Gasteiger partial charge in [-0.3, -0.25) is 0 Å². The highest BCUT2D eigenvalue weighted by Gasteiger charge is 2.16. The van der Waals surface area contributed by atoms with Crippen molar-refractivity contribution in [3.05, 3.63) is 58.6 Å². The summed E-state index contributed by atoms with van der Waals surface area (Å²) in [6.45, 7) is 2.04. The number of aromatic nitrogens is 3. The van der Waals surface area contributed by atoms with Crippen LogP contribution in [0.25, 0.3) is 11.4 Å². The molecule has 3 rings (SSSR count). The number of aryl methyl sites for hydroxylation is 1. The van der Waals surface area contributed by atoms with Crippen molar-refractivity contribution in [3.63, 3.8) is 0 Å². The summed E-state index contributed by atoms with van der Waals surface area (Å²) in [4.78, 5) is 0.333. The lowest BCUT2D eigenvalue weighted by Gasteiger charge is -2.06. The first-order valence-corrected chi connectivity index (χ1v) is 11.4. The second-order valence-corrected chi connectivity index (χ2v) is 9.94. The summed E-state index contributed by atoms with van der Waals surface area (Å²) in [5, 5.41) is 9.13. The van der Waals surface area contributed by atoms with Crippen LogP contribution >= 0.6 is 27.7 Å². The monoisotopic (exact) mass is 451 g/mol. The molecule has 8 heteroatoms. The quantitative estimate of drug-likeness (QED) is 0.527. The Hall–Kier alpha value is -1.64. The molecular formula is C18H18BrN3O2S2. The lowest BCUT2D eigenvalue weighted by molar-refractivity contribution is 0.597. The molecule has 5 nitrogen and oxygen atoms in total. The van der Waals surface area contributed by atoms with Gasteiger partial charge in [0.1, 0.15) is 0 Å². The molecule has 2 aromatic carbocycles. The number of hydrogen-bond donors (Lipinski definition) is 0. The molecule has 0 saturated carbocycles. The average Bonchev–Trinajstić information content (AvgIpc) is 2.97. The summed E-state index contributed by atoms with van der Waals surface area (Å²) in [5.74, 6) is 1.23. The molecule has 0 saturated heterocycles. The lowest BCUT2D eigenvalue weighted by Crippen LogP contribution is -2.09. The molecule has 0 N–H and O–H groups in total. The molecule has 0 aliphatic rings. The molecule has 1 heterocycles. The third kappa shape index (κ3) is 4.36. The molecule has 0 bridgehead atoms. The van der Waals surface area contributed by atoms with E-state index in [4.69, 9.17) is 0 Å². The van der Waals surface area contributed by atoms with Crippen molar-refractivity contribution >= 4 is 37.5 Å². The van der Waals surface area contributed by atoms with Crippen molar-refractivity contribution in [1.82, 2.24) is 14.8 Å². The summed E-state index contributed by atoms with van der Waals surface area (Å²) in [6, 6.07) is 14.8. The highest BCUT2D eigenvalue weighted by molar-refractivity contribution is 9.10.